The van der Waals surface area contributed by atoms with Crippen molar-refractivity contribution in [3.8, 4) is 0 Å². The molecule has 0 saturated carbocycles. The predicted octanol–water partition coefficient (Wildman–Crippen LogP) is 3.57. The van der Waals surface area contributed by atoms with Crippen LogP contribution in [-0.2, 0) is 23.9 Å². The van der Waals surface area contributed by atoms with Gasteiger partial charge in [0.1, 0.15) is 29.2 Å². The maximum Gasteiger partial charge on any atom is 0.316 e. The molecule has 1 rings (SSSR count). The number of methoxy groups -OCH3 is 1. The zero-order chi connectivity index (χ0) is 26.1. The third-order valence-electron chi connectivity index (χ3n) is 7.79. The number of ketones is 2. The fraction of sp³-hybridized carbons (Fsp3) is 0.885. The number of aliphatic hydroxyl groups is 2. The number of cyclic esters (lactones) is 1. The quantitative estimate of drug-likeness (QED) is 0.469. The van der Waals surface area contributed by atoms with Gasteiger partial charge in [0, 0.05) is 30.8 Å². The first-order chi connectivity index (χ1) is 14.9. The van der Waals surface area contributed by atoms with Crippen molar-refractivity contribution >= 4 is 17.5 Å². The lowest BCUT2D eigenvalue weighted by atomic mass is 9.61. The van der Waals surface area contributed by atoms with Crippen molar-refractivity contribution in [1.82, 2.24) is 0 Å². The van der Waals surface area contributed by atoms with E-state index in [1.807, 2.05) is 27.7 Å². The number of carbonyl (C=O) groups is 3. The van der Waals surface area contributed by atoms with E-state index in [2.05, 4.69) is 0 Å². The molecule has 0 spiro atoms. The summed E-state index contributed by atoms with van der Waals surface area (Å²) in [5.74, 6) is -4.53. The van der Waals surface area contributed by atoms with Gasteiger partial charge in [-0.25, -0.2) is 0 Å². The van der Waals surface area contributed by atoms with Crippen LogP contribution in [0, 0.1) is 35.0 Å². The minimum absolute atomic E-state index is 0.217. The second-order valence-corrected chi connectivity index (χ2v) is 11.6. The Morgan fingerprint density at radius 3 is 1.97 bits per heavy atom. The molecule has 2 N–H and O–H groups in total. The van der Waals surface area contributed by atoms with Crippen LogP contribution in [0.4, 0.5) is 0 Å². The normalized spacial score (nSPS) is 42.6. The van der Waals surface area contributed by atoms with E-state index in [9.17, 15) is 24.6 Å². The Kier molecular flexibility index (Phi) is 9.48. The van der Waals surface area contributed by atoms with E-state index in [1.165, 1.54) is 13.8 Å². The molecule has 0 aliphatic carbocycles. The second kappa shape index (κ2) is 10.5. The van der Waals surface area contributed by atoms with Crippen molar-refractivity contribution < 1.29 is 34.1 Å². The van der Waals surface area contributed by atoms with Crippen molar-refractivity contribution in [2.24, 2.45) is 35.0 Å². The van der Waals surface area contributed by atoms with Crippen LogP contribution in [0.2, 0.25) is 0 Å². The summed E-state index contributed by atoms with van der Waals surface area (Å²) < 4.78 is 11.5. The lowest BCUT2D eigenvalue weighted by molar-refractivity contribution is -0.191. The molecule has 192 valence electrons. The van der Waals surface area contributed by atoms with Gasteiger partial charge in [0.2, 0.25) is 0 Å². The van der Waals surface area contributed by atoms with Crippen LogP contribution in [-0.4, -0.2) is 58.3 Å². The zero-order valence-electron chi connectivity index (χ0n) is 22.4. The molecule has 0 amide bonds. The molecule has 7 heteroatoms. The van der Waals surface area contributed by atoms with Crippen molar-refractivity contribution in [3.05, 3.63) is 0 Å². The van der Waals surface area contributed by atoms with Crippen LogP contribution in [0.15, 0.2) is 0 Å². The molecule has 33 heavy (non-hydrogen) atoms. The zero-order valence-corrected chi connectivity index (χ0v) is 22.4. The van der Waals surface area contributed by atoms with E-state index in [-0.39, 0.29) is 29.3 Å². The van der Waals surface area contributed by atoms with Crippen LogP contribution in [0.25, 0.3) is 0 Å². The summed E-state index contributed by atoms with van der Waals surface area (Å²) in [4.78, 5) is 39.8. The summed E-state index contributed by atoms with van der Waals surface area (Å²) in [6, 6.07) is 0. The predicted molar refractivity (Wildman–Crippen MR) is 126 cm³/mol. The molecule has 0 aromatic heterocycles. The number of hydrogen-bond acceptors (Lipinski definition) is 7. The fourth-order valence-corrected chi connectivity index (χ4v) is 6.07. The van der Waals surface area contributed by atoms with Crippen LogP contribution in [0.1, 0.15) is 82.1 Å². The first kappa shape index (κ1) is 29.7. The first-order valence-corrected chi connectivity index (χ1v) is 12.1. The Morgan fingerprint density at radius 1 is 1.03 bits per heavy atom. The number of esters is 1. The summed E-state index contributed by atoms with van der Waals surface area (Å²) in [7, 11) is 1.57. The highest BCUT2D eigenvalue weighted by molar-refractivity contribution is 6.00. The third-order valence-corrected chi connectivity index (χ3v) is 7.79. The van der Waals surface area contributed by atoms with Gasteiger partial charge in [-0.05, 0) is 39.0 Å². The smallest absolute Gasteiger partial charge is 0.316 e. The van der Waals surface area contributed by atoms with Gasteiger partial charge in [-0.15, -0.1) is 0 Å². The van der Waals surface area contributed by atoms with E-state index in [1.54, 1.807) is 34.8 Å². The molecule has 0 radical (unpaired) electrons. The third kappa shape index (κ3) is 6.04. The van der Waals surface area contributed by atoms with Crippen LogP contribution >= 0.6 is 0 Å². The molecule has 7 nitrogen and oxygen atoms in total. The number of aliphatic hydroxyl groups excluding tert-OH is 1. The lowest BCUT2D eigenvalue weighted by Gasteiger charge is -2.48. The van der Waals surface area contributed by atoms with Gasteiger partial charge in [0.25, 0.3) is 0 Å². The maximum absolute atomic E-state index is 13.5. The first-order valence-electron chi connectivity index (χ1n) is 12.1. The Morgan fingerprint density at radius 2 is 1.55 bits per heavy atom. The van der Waals surface area contributed by atoms with E-state index in [4.69, 9.17) is 9.47 Å². The van der Waals surface area contributed by atoms with E-state index < -0.39 is 53.1 Å². The Hall–Kier alpha value is -1.31. The summed E-state index contributed by atoms with van der Waals surface area (Å²) in [6.45, 7) is 17.7. The van der Waals surface area contributed by atoms with Crippen molar-refractivity contribution in [2.75, 3.05) is 7.11 Å². The van der Waals surface area contributed by atoms with Gasteiger partial charge >= 0.3 is 5.97 Å². The Balaban J connectivity index is 3.69. The molecule has 1 fully saturated rings. The average Bonchev–Trinajstić information content (AvgIpc) is 2.72. The SMILES string of the molecule is CCC1OC(=O)C(C)C(=O)C(C)C(C(C)(C)C)C(C)(OC)CC(C)C(=O)C(C)C(O)C1(C)O. The monoisotopic (exact) mass is 470 g/mol. The van der Waals surface area contributed by atoms with Crippen LogP contribution in [0.5, 0.6) is 0 Å². The standard InChI is InChI=1S/C26H46O7/c1-12-18-26(10,31)22(29)16(4)19(27)14(2)13-25(9,32-11)21(24(6,7)8)15(3)20(28)17(5)23(30)33-18/h14-18,21-22,29,31H,12-13H2,1-11H3. The topological polar surface area (TPSA) is 110 Å². The number of Topliss-reactive ketones (excluding diaryl/α,β-unsaturated/α-hetero) is 2. The van der Waals surface area contributed by atoms with Crippen molar-refractivity contribution in [3.63, 3.8) is 0 Å². The van der Waals surface area contributed by atoms with Gasteiger partial charge in [0.15, 0.2) is 0 Å². The van der Waals surface area contributed by atoms with Gasteiger partial charge in [-0.1, -0.05) is 48.5 Å². The van der Waals surface area contributed by atoms with Gasteiger partial charge in [-0.2, -0.15) is 0 Å². The number of rotatable bonds is 2. The highest BCUT2D eigenvalue weighted by Gasteiger charge is 2.51. The van der Waals surface area contributed by atoms with Crippen molar-refractivity contribution in [2.45, 2.75) is 105 Å². The minimum atomic E-state index is -1.86. The Bertz CT molecular complexity index is 723. The molecule has 1 aliphatic rings. The molecule has 0 aromatic carbocycles. The largest absolute Gasteiger partial charge is 0.459 e. The molecular formula is C26H46O7. The number of carbonyl (C=O) groups excluding carboxylic acids is 3. The average molecular weight is 471 g/mol. The Labute approximate surface area is 199 Å². The van der Waals surface area contributed by atoms with Gasteiger partial charge < -0.3 is 19.7 Å². The van der Waals surface area contributed by atoms with Crippen molar-refractivity contribution in [1.29, 1.82) is 0 Å². The van der Waals surface area contributed by atoms with Crippen LogP contribution in [0.3, 0.4) is 0 Å². The lowest BCUT2D eigenvalue weighted by Crippen LogP contribution is -2.57. The number of hydrogen-bond donors (Lipinski definition) is 2. The highest BCUT2D eigenvalue weighted by atomic mass is 16.6. The second-order valence-electron chi connectivity index (χ2n) is 11.6. The van der Waals surface area contributed by atoms with E-state index in [0.717, 1.165) is 0 Å². The molecule has 9 unspecified atom stereocenters. The minimum Gasteiger partial charge on any atom is -0.459 e. The molecule has 0 bridgehead atoms. The molecular weight excluding hydrogens is 424 g/mol. The summed E-state index contributed by atoms with van der Waals surface area (Å²) in [5.41, 5.74) is -3.09. The maximum atomic E-state index is 13.5. The van der Waals surface area contributed by atoms with Gasteiger partial charge in [-0.3, -0.25) is 14.4 Å². The number of ether oxygens (including phenoxy) is 2. The molecule has 1 heterocycles. The summed E-state index contributed by atoms with van der Waals surface area (Å²) in [6.07, 6.45) is -1.97. The highest BCUT2D eigenvalue weighted by Crippen LogP contribution is 2.46. The molecule has 0 aromatic rings. The van der Waals surface area contributed by atoms with Gasteiger partial charge in [0.05, 0.1) is 11.7 Å². The molecule has 1 saturated heterocycles. The van der Waals surface area contributed by atoms with E-state index >= 15 is 0 Å². The molecule has 1 aliphatic heterocycles. The summed E-state index contributed by atoms with van der Waals surface area (Å²) in [5, 5.41) is 22.1. The van der Waals surface area contributed by atoms with E-state index in [0.29, 0.717) is 6.42 Å². The fourth-order valence-electron chi connectivity index (χ4n) is 6.07. The molecule has 9 atom stereocenters. The summed E-state index contributed by atoms with van der Waals surface area (Å²) >= 11 is 0. The van der Waals surface area contributed by atoms with Crippen LogP contribution < -0.4 is 0 Å².